The van der Waals surface area contributed by atoms with E-state index in [1.54, 1.807) is 31.2 Å². The van der Waals surface area contributed by atoms with E-state index in [9.17, 15) is 27.9 Å². The van der Waals surface area contributed by atoms with Gasteiger partial charge in [-0.25, -0.2) is 9.78 Å². The van der Waals surface area contributed by atoms with Crippen LogP contribution in [-0.2, 0) is 16.7 Å². The van der Waals surface area contributed by atoms with Gasteiger partial charge in [-0.2, -0.15) is 29.9 Å². The Balaban J connectivity index is 1.43. The third kappa shape index (κ3) is 7.12. The van der Waals surface area contributed by atoms with Crippen molar-refractivity contribution in [2.45, 2.75) is 24.9 Å². The van der Waals surface area contributed by atoms with Crippen LogP contribution in [0.3, 0.4) is 0 Å². The zero-order chi connectivity index (χ0) is 30.6. The van der Waals surface area contributed by atoms with Crippen molar-refractivity contribution in [3.05, 3.63) is 102 Å². The van der Waals surface area contributed by atoms with Gasteiger partial charge in [-0.1, -0.05) is 59.8 Å². The minimum atomic E-state index is -4.53. The molecule has 1 atom stereocenters. The number of aliphatic carboxylic acids is 1. The average molecular weight is 609 g/mol. The van der Waals surface area contributed by atoms with Crippen LogP contribution in [0.4, 0.5) is 13.2 Å². The third-order valence-electron chi connectivity index (χ3n) is 6.23. The van der Waals surface area contributed by atoms with E-state index in [0.29, 0.717) is 28.6 Å². The molecule has 0 fully saturated rings. The Kier molecular flexibility index (Phi) is 8.62. The molecular formula is C30H23F3N4O5S. The fourth-order valence-corrected chi connectivity index (χ4v) is 5.06. The molecule has 1 amide bonds. The van der Waals surface area contributed by atoms with Crippen molar-refractivity contribution < 1.29 is 36.8 Å². The van der Waals surface area contributed by atoms with Crippen LogP contribution in [0, 0.1) is 6.92 Å². The summed E-state index contributed by atoms with van der Waals surface area (Å²) in [7, 11) is 0. The molecular weight excluding hydrogens is 585 g/mol. The van der Waals surface area contributed by atoms with Crippen LogP contribution < -0.4 is 5.32 Å². The Morgan fingerprint density at radius 3 is 2.19 bits per heavy atom. The number of carboxylic acids is 1. The van der Waals surface area contributed by atoms with Gasteiger partial charge in [-0.3, -0.25) is 4.79 Å². The highest BCUT2D eigenvalue weighted by Crippen LogP contribution is 2.34. The molecule has 0 radical (unpaired) electrons. The first kappa shape index (κ1) is 29.6. The Labute approximate surface area is 247 Å². The molecule has 2 N–H and O–H groups in total. The highest BCUT2D eigenvalue weighted by Gasteiger charge is 2.31. The number of nitrogens with zero attached hydrogens (tertiary/aromatic N) is 3. The van der Waals surface area contributed by atoms with Gasteiger partial charge in [0.2, 0.25) is 17.6 Å². The summed E-state index contributed by atoms with van der Waals surface area (Å²) in [5.41, 5.74) is 1.14. The number of amides is 1. The monoisotopic (exact) mass is 608 g/mol. The topological polar surface area (TPSA) is 131 Å². The van der Waals surface area contributed by atoms with E-state index in [0.717, 1.165) is 17.7 Å². The summed E-state index contributed by atoms with van der Waals surface area (Å²) in [6.45, 7) is 1.65. The summed E-state index contributed by atoms with van der Waals surface area (Å²) in [4.78, 5) is 33.9. The van der Waals surface area contributed by atoms with E-state index in [-0.39, 0.29) is 28.7 Å². The van der Waals surface area contributed by atoms with Crippen LogP contribution in [0.15, 0.2) is 87.8 Å². The molecule has 0 spiro atoms. The fraction of sp³-hybridized carbons (Fsp3) is 0.167. The van der Waals surface area contributed by atoms with Gasteiger partial charge in [0.05, 0.1) is 5.56 Å². The number of oxazole rings is 1. The van der Waals surface area contributed by atoms with Crippen LogP contribution >= 0.6 is 11.8 Å². The largest absolute Gasteiger partial charge is 0.480 e. The number of benzene rings is 3. The van der Waals surface area contributed by atoms with Gasteiger partial charge in [0, 0.05) is 35.1 Å². The first-order valence-corrected chi connectivity index (χ1v) is 14.0. The SMILES string of the molecule is Cc1nc(-c2ccc(-c3oc(-c4ccc(C(F)(F)F)cc4)nc3C(=O)NC(CSCc3ccccc3)C(=O)O)cc2)no1. The number of hydrogen-bond acceptors (Lipinski definition) is 8. The van der Waals surface area contributed by atoms with Gasteiger partial charge in [0.25, 0.3) is 5.91 Å². The Bertz CT molecular complexity index is 1720. The van der Waals surface area contributed by atoms with E-state index < -0.39 is 29.7 Å². The molecule has 0 aliphatic rings. The number of carbonyl (C=O) groups excluding carboxylic acids is 1. The highest BCUT2D eigenvalue weighted by molar-refractivity contribution is 7.98. The fourth-order valence-electron chi connectivity index (χ4n) is 4.05. The average Bonchev–Trinajstić information content (AvgIpc) is 3.64. The van der Waals surface area contributed by atoms with Gasteiger partial charge in [0.1, 0.15) is 6.04 Å². The smallest absolute Gasteiger partial charge is 0.416 e. The summed E-state index contributed by atoms with van der Waals surface area (Å²) >= 11 is 1.34. The van der Waals surface area contributed by atoms with Crippen molar-refractivity contribution in [2.24, 2.45) is 0 Å². The minimum absolute atomic E-state index is 0.00400. The van der Waals surface area contributed by atoms with Crippen molar-refractivity contribution in [1.29, 1.82) is 0 Å². The Morgan fingerprint density at radius 1 is 0.930 bits per heavy atom. The maximum Gasteiger partial charge on any atom is 0.416 e. The zero-order valence-electron chi connectivity index (χ0n) is 22.5. The zero-order valence-corrected chi connectivity index (χ0v) is 23.3. The minimum Gasteiger partial charge on any atom is -0.480 e. The van der Waals surface area contributed by atoms with Crippen LogP contribution in [0.25, 0.3) is 34.2 Å². The van der Waals surface area contributed by atoms with Crippen molar-refractivity contribution in [1.82, 2.24) is 20.4 Å². The highest BCUT2D eigenvalue weighted by atomic mass is 32.2. The molecule has 0 saturated carbocycles. The molecule has 9 nitrogen and oxygen atoms in total. The third-order valence-corrected chi connectivity index (χ3v) is 7.34. The Morgan fingerprint density at radius 2 is 1.58 bits per heavy atom. The number of carbonyl (C=O) groups is 2. The van der Waals surface area contributed by atoms with Crippen molar-refractivity contribution >= 4 is 23.6 Å². The van der Waals surface area contributed by atoms with Crippen molar-refractivity contribution in [3.8, 4) is 34.2 Å². The number of halogens is 3. The van der Waals surface area contributed by atoms with E-state index in [2.05, 4.69) is 20.4 Å². The normalized spacial score (nSPS) is 12.2. The molecule has 2 heterocycles. The van der Waals surface area contributed by atoms with Crippen molar-refractivity contribution in [3.63, 3.8) is 0 Å². The number of hydrogen-bond donors (Lipinski definition) is 2. The number of aromatic nitrogens is 3. The maximum absolute atomic E-state index is 13.4. The lowest BCUT2D eigenvalue weighted by Crippen LogP contribution is -2.42. The number of nitrogens with one attached hydrogen (secondary N) is 1. The molecule has 0 aliphatic heterocycles. The molecule has 2 aromatic heterocycles. The summed E-state index contributed by atoms with van der Waals surface area (Å²) in [5.74, 6) is -0.814. The van der Waals surface area contributed by atoms with E-state index in [1.165, 1.54) is 23.9 Å². The van der Waals surface area contributed by atoms with E-state index in [1.807, 2.05) is 30.3 Å². The number of aryl methyl sites for hydroxylation is 1. The van der Waals surface area contributed by atoms with Crippen molar-refractivity contribution in [2.75, 3.05) is 5.75 Å². The number of thioether (sulfide) groups is 1. The molecule has 5 aromatic rings. The second kappa shape index (κ2) is 12.5. The van der Waals surface area contributed by atoms with Gasteiger partial charge in [0.15, 0.2) is 11.5 Å². The van der Waals surface area contributed by atoms with Gasteiger partial charge >= 0.3 is 12.1 Å². The predicted octanol–water partition coefficient (Wildman–Crippen LogP) is 6.50. The van der Waals surface area contributed by atoms with Crippen LogP contribution in [0.5, 0.6) is 0 Å². The standard InChI is InChI=1S/C30H23F3N4O5S/c1-17-34-26(37-42-17)20-9-7-19(8-10-20)25-24(36-28(41-25)21-11-13-22(14-12-21)30(31,32)33)27(38)35-23(29(39)40)16-43-15-18-5-3-2-4-6-18/h2-14,23H,15-16H2,1H3,(H,35,38)(H,39,40). The van der Waals surface area contributed by atoms with Gasteiger partial charge < -0.3 is 19.4 Å². The molecule has 0 bridgehead atoms. The summed E-state index contributed by atoms with van der Waals surface area (Å²) in [5, 5.41) is 16.2. The molecule has 220 valence electrons. The summed E-state index contributed by atoms with van der Waals surface area (Å²) in [6, 6.07) is 18.9. The number of rotatable bonds is 10. The number of carboxylic acid groups (broad SMARTS) is 1. The predicted molar refractivity (Wildman–Crippen MR) is 152 cm³/mol. The lowest BCUT2D eigenvalue weighted by Gasteiger charge is -2.14. The number of alkyl halides is 3. The first-order valence-electron chi connectivity index (χ1n) is 12.8. The molecule has 13 heteroatoms. The molecule has 3 aromatic carbocycles. The molecule has 5 rings (SSSR count). The second-order valence-electron chi connectivity index (χ2n) is 9.35. The molecule has 0 aliphatic carbocycles. The molecule has 0 saturated heterocycles. The van der Waals surface area contributed by atoms with E-state index in [4.69, 9.17) is 8.94 Å². The maximum atomic E-state index is 13.4. The van der Waals surface area contributed by atoms with Crippen LogP contribution in [-0.4, -0.2) is 43.9 Å². The lowest BCUT2D eigenvalue weighted by atomic mass is 10.1. The van der Waals surface area contributed by atoms with Crippen LogP contribution in [0.1, 0.15) is 27.5 Å². The van der Waals surface area contributed by atoms with E-state index >= 15 is 0 Å². The summed E-state index contributed by atoms with van der Waals surface area (Å²) in [6.07, 6.45) is -4.53. The Hall–Kier alpha value is -4.91. The first-order chi connectivity index (χ1) is 20.6. The second-order valence-corrected chi connectivity index (χ2v) is 10.4. The lowest BCUT2D eigenvalue weighted by molar-refractivity contribution is -0.139. The molecule has 1 unspecified atom stereocenters. The van der Waals surface area contributed by atoms with Gasteiger partial charge in [-0.15, -0.1) is 0 Å². The summed E-state index contributed by atoms with van der Waals surface area (Å²) < 4.78 is 50.2. The molecule has 43 heavy (non-hydrogen) atoms. The van der Waals surface area contributed by atoms with Crippen LogP contribution in [0.2, 0.25) is 0 Å². The van der Waals surface area contributed by atoms with Gasteiger partial charge in [-0.05, 0) is 29.8 Å². The quantitative estimate of drug-likeness (QED) is 0.182.